The van der Waals surface area contributed by atoms with Crippen molar-refractivity contribution >= 4 is 23.1 Å². The number of aliphatic hydroxyl groups excluding tert-OH is 1. The summed E-state index contributed by atoms with van der Waals surface area (Å²) in [5.41, 5.74) is 1.91. The Morgan fingerprint density at radius 1 is 1.06 bits per heavy atom. The van der Waals surface area contributed by atoms with E-state index in [1.165, 1.54) is 19.4 Å². The van der Waals surface area contributed by atoms with Gasteiger partial charge in [-0.1, -0.05) is 17.7 Å². The standard InChI is InChI=1S/C24H21NO6/c1-13-7-9-18(30-3)15(11-13)22(27)20-21(19-5-4-10-31-19)25(24(29)23(20)28)16-12-14(2)6-8-17(16)26/h4-12,21,26-27H,1-3H3/b22-20-. The van der Waals surface area contributed by atoms with Crippen LogP contribution < -0.4 is 9.64 Å². The van der Waals surface area contributed by atoms with E-state index < -0.39 is 17.7 Å². The van der Waals surface area contributed by atoms with E-state index in [0.717, 1.165) is 16.0 Å². The van der Waals surface area contributed by atoms with Gasteiger partial charge in [0.05, 0.1) is 30.2 Å². The minimum atomic E-state index is -1.06. The summed E-state index contributed by atoms with van der Waals surface area (Å²) >= 11 is 0. The SMILES string of the molecule is COc1ccc(C)cc1/C(O)=C1/C(=O)C(=O)N(c2cc(C)ccc2O)C1c1ccco1. The fraction of sp³-hybridized carbons (Fsp3) is 0.167. The summed E-state index contributed by atoms with van der Waals surface area (Å²) in [6.07, 6.45) is 1.42. The van der Waals surface area contributed by atoms with Crippen LogP contribution in [0.3, 0.4) is 0 Å². The number of hydrogen-bond donors (Lipinski definition) is 2. The molecule has 158 valence electrons. The smallest absolute Gasteiger partial charge is 0.300 e. The molecule has 0 aliphatic carbocycles. The van der Waals surface area contributed by atoms with Crippen molar-refractivity contribution in [3.05, 3.63) is 82.8 Å². The van der Waals surface area contributed by atoms with Crippen LogP contribution in [-0.2, 0) is 9.59 Å². The molecule has 3 aromatic rings. The number of benzene rings is 2. The minimum Gasteiger partial charge on any atom is -0.507 e. The first-order chi connectivity index (χ1) is 14.8. The number of anilines is 1. The van der Waals surface area contributed by atoms with Gasteiger partial charge in [-0.05, 0) is 55.8 Å². The zero-order valence-electron chi connectivity index (χ0n) is 17.2. The summed E-state index contributed by atoms with van der Waals surface area (Å²) in [5.74, 6) is -1.69. The molecule has 1 aromatic heterocycles. The van der Waals surface area contributed by atoms with Gasteiger partial charge < -0.3 is 19.4 Å². The topological polar surface area (TPSA) is 100 Å². The molecule has 7 heteroatoms. The molecule has 4 rings (SSSR count). The molecular weight excluding hydrogens is 398 g/mol. The highest BCUT2D eigenvalue weighted by atomic mass is 16.5. The number of ketones is 1. The molecule has 2 aromatic carbocycles. The van der Waals surface area contributed by atoms with Crippen LogP contribution >= 0.6 is 0 Å². The molecule has 0 spiro atoms. The van der Waals surface area contributed by atoms with Gasteiger partial charge in [-0.3, -0.25) is 14.5 Å². The highest BCUT2D eigenvalue weighted by molar-refractivity contribution is 6.51. The molecule has 2 N–H and O–H groups in total. The zero-order chi connectivity index (χ0) is 22.3. The monoisotopic (exact) mass is 419 g/mol. The van der Waals surface area contributed by atoms with Gasteiger partial charge >= 0.3 is 0 Å². The maximum Gasteiger partial charge on any atom is 0.300 e. The van der Waals surface area contributed by atoms with E-state index in [0.29, 0.717) is 5.75 Å². The second-order valence-corrected chi connectivity index (χ2v) is 7.38. The number of aliphatic hydroxyl groups is 1. The molecule has 1 amide bonds. The number of phenols is 1. The Morgan fingerprint density at radius 3 is 2.45 bits per heavy atom. The van der Waals surface area contributed by atoms with Crippen LogP contribution in [0.5, 0.6) is 11.5 Å². The molecule has 1 saturated heterocycles. The van der Waals surface area contributed by atoms with E-state index in [-0.39, 0.29) is 34.1 Å². The van der Waals surface area contributed by atoms with Gasteiger partial charge in [0.1, 0.15) is 29.1 Å². The quantitative estimate of drug-likeness (QED) is 0.373. The predicted octanol–water partition coefficient (Wildman–Crippen LogP) is 4.24. The third-order valence-corrected chi connectivity index (χ3v) is 5.26. The number of furan rings is 1. The van der Waals surface area contributed by atoms with E-state index in [9.17, 15) is 19.8 Å². The highest BCUT2D eigenvalue weighted by Crippen LogP contribution is 2.45. The summed E-state index contributed by atoms with van der Waals surface area (Å²) in [4.78, 5) is 27.4. The molecule has 7 nitrogen and oxygen atoms in total. The summed E-state index contributed by atoms with van der Waals surface area (Å²) in [7, 11) is 1.45. The molecule has 0 bridgehead atoms. The van der Waals surface area contributed by atoms with Crippen molar-refractivity contribution in [3.63, 3.8) is 0 Å². The van der Waals surface area contributed by atoms with Crippen LogP contribution in [0.4, 0.5) is 5.69 Å². The van der Waals surface area contributed by atoms with E-state index in [2.05, 4.69) is 0 Å². The van der Waals surface area contributed by atoms with Crippen molar-refractivity contribution in [1.82, 2.24) is 0 Å². The van der Waals surface area contributed by atoms with Gasteiger partial charge in [-0.15, -0.1) is 0 Å². The Bertz CT molecular complexity index is 1210. The molecule has 1 aliphatic heterocycles. The maximum atomic E-state index is 13.1. The van der Waals surface area contributed by atoms with E-state index in [1.807, 2.05) is 13.0 Å². The Balaban J connectivity index is 1.99. The van der Waals surface area contributed by atoms with Gasteiger partial charge in [-0.2, -0.15) is 0 Å². The van der Waals surface area contributed by atoms with Crippen LogP contribution in [0.2, 0.25) is 0 Å². The Morgan fingerprint density at radius 2 is 1.77 bits per heavy atom. The van der Waals surface area contributed by atoms with Crippen molar-refractivity contribution in [2.24, 2.45) is 0 Å². The number of nitrogens with zero attached hydrogens (tertiary/aromatic N) is 1. The fourth-order valence-corrected chi connectivity index (χ4v) is 3.78. The van der Waals surface area contributed by atoms with Crippen molar-refractivity contribution in [2.75, 3.05) is 12.0 Å². The summed E-state index contributed by atoms with van der Waals surface area (Å²) in [5, 5.41) is 21.6. The van der Waals surface area contributed by atoms with Crippen LogP contribution in [0.1, 0.15) is 28.5 Å². The van der Waals surface area contributed by atoms with Gasteiger partial charge in [-0.25, -0.2) is 0 Å². The van der Waals surface area contributed by atoms with Crippen molar-refractivity contribution < 1.29 is 29.0 Å². The third kappa shape index (κ3) is 3.34. The molecule has 31 heavy (non-hydrogen) atoms. The van der Waals surface area contributed by atoms with Crippen LogP contribution in [0.15, 0.2) is 64.8 Å². The molecule has 1 unspecified atom stereocenters. The van der Waals surface area contributed by atoms with E-state index >= 15 is 0 Å². The number of Topliss-reactive ketones (excluding diaryl/α,β-unsaturated/α-hetero) is 1. The Hall–Kier alpha value is -4.00. The van der Waals surface area contributed by atoms with Crippen molar-refractivity contribution in [3.8, 4) is 11.5 Å². The zero-order valence-corrected chi connectivity index (χ0v) is 17.2. The van der Waals surface area contributed by atoms with Crippen molar-refractivity contribution in [1.29, 1.82) is 0 Å². The average Bonchev–Trinajstić information content (AvgIpc) is 3.36. The lowest BCUT2D eigenvalue weighted by molar-refractivity contribution is -0.132. The maximum absolute atomic E-state index is 13.1. The lowest BCUT2D eigenvalue weighted by atomic mass is 9.97. The van der Waals surface area contributed by atoms with Gasteiger partial charge in [0.2, 0.25) is 0 Å². The van der Waals surface area contributed by atoms with Gasteiger partial charge in [0.15, 0.2) is 0 Å². The first-order valence-corrected chi connectivity index (χ1v) is 9.62. The largest absolute Gasteiger partial charge is 0.507 e. The number of aromatic hydroxyl groups is 1. The molecule has 0 saturated carbocycles. The number of hydrogen-bond acceptors (Lipinski definition) is 6. The predicted molar refractivity (Wildman–Crippen MR) is 114 cm³/mol. The first kappa shape index (κ1) is 20.3. The molecule has 1 fully saturated rings. The number of carbonyl (C=O) groups excluding carboxylic acids is 2. The van der Waals surface area contributed by atoms with Crippen LogP contribution in [0, 0.1) is 13.8 Å². The lowest BCUT2D eigenvalue weighted by Crippen LogP contribution is -2.29. The van der Waals surface area contributed by atoms with Gasteiger partial charge in [0, 0.05) is 0 Å². The van der Waals surface area contributed by atoms with Crippen LogP contribution in [0.25, 0.3) is 5.76 Å². The number of methoxy groups -OCH3 is 1. The second kappa shape index (κ2) is 7.68. The molecule has 2 heterocycles. The average molecular weight is 419 g/mol. The first-order valence-electron chi connectivity index (χ1n) is 9.62. The normalized spacial score (nSPS) is 17.9. The van der Waals surface area contributed by atoms with Crippen LogP contribution in [-0.4, -0.2) is 29.0 Å². The summed E-state index contributed by atoms with van der Waals surface area (Å²) in [6, 6.07) is 12.1. The fourth-order valence-electron chi connectivity index (χ4n) is 3.78. The third-order valence-electron chi connectivity index (χ3n) is 5.26. The molecule has 1 aliphatic rings. The number of rotatable bonds is 4. The Kier molecular flexibility index (Phi) is 5.02. The highest BCUT2D eigenvalue weighted by Gasteiger charge is 2.49. The summed E-state index contributed by atoms with van der Waals surface area (Å²) < 4.78 is 10.9. The number of phenolic OH excluding ortho intramolecular Hbond substituents is 1. The molecular formula is C24H21NO6. The lowest BCUT2D eigenvalue weighted by Gasteiger charge is -2.24. The number of amides is 1. The molecule has 1 atom stereocenters. The van der Waals surface area contributed by atoms with E-state index in [4.69, 9.17) is 9.15 Å². The van der Waals surface area contributed by atoms with Gasteiger partial charge in [0.25, 0.3) is 11.7 Å². The Labute approximate surface area is 178 Å². The number of ether oxygens (including phenoxy) is 1. The van der Waals surface area contributed by atoms with Crippen molar-refractivity contribution in [2.45, 2.75) is 19.9 Å². The minimum absolute atomic E-state index is 0.148. The van der Waals surface area contributed by atoms with E-state index in [1.54, 1.807) is 43.3 Å². The number of carbonyl (C=O) groups is 2. The summed E-state index contributed by atoms with van der Waals surface area (Å²) in [6.45, 7) is 3.64. The number of aryl methyl sites for hydroxylation is 2. The molecule has 0 radical (unpaired) electrons. The second-order valence-electron chi connectivity index (χ2n) is 7.38.